The normalized spacial score (nSPS) is 12.0. The van der Waals surface area contributed by atoms with E-state index < -0.39 is 0 Å². The Morgan fingerprint density at radius 2 is 1.50 bits per heavy atom. The van der Waals surface area contributed by atoms with Crippen molar-refractivity contribution >= 4 is 12.4 Å². The van der Waals surface area contributed by atoms with E-state index in [4.69, 9.17) is 5.11 Å². The number of hydrogen-bond donors (Lipinski definition) is 2. The van der Waals surface area contributed by atoms with Crippen LogP contribution in [0.25, 0.3) is 0 Å². The van der Waals surface area contributed by atoms with E-state index in [-0.39, 0.29) is 25.1 Å². The van der Waals surface area contributed by atoms with Gasteiger partial charge >= 0.3 is 0 Å². The first kappa shape index (κ1) is 18.7. The SMILES string of the molecule is CC(C)c1ccc(C(Cc2ccccc2)NCCO)cc1.Cl. The van der Waals surface area contributed by atoms with Crippen LogP contribution in [-0.2, 0) is 6.42 Å². The topological polar surface area (TPSA) is 32.3 Å². The van der Waals surface area contributed by atoms with Crippen LogP contribution in [-0.4, -0.2) is 18.3 Å². The molecule has 3 heteroatoms. The number of nitrogens with one attached hydrogen (secondary N) is 1. The van der Waals surface area contributed by atoms with Gasteiger partial charge in [-0.1, -0.05) is 68.4 Å². The molecule has 1 atom stereocenters. The monoisotopic (exact) mass is 319 g/mol. The summed E-state index contributed by atoms with van der Waals surface area (Å²) in [6.07, 6.45) is 0.932. The summed E-state index contributed by atoms with van der Waals surface area (Å²) in [5.74, 6) is 0.553. The van der Waals surface area contributed by atoms with Crippen molar-refractivity contribution in [1.82, 2.24) is 5.32 Å². The first-order chi connectivity index (χ1) is 10.2. The Balaban J connectivity index is 0.00000242. The summed E-state index contributed by atoms with van der Waals surface area (Å²) in [6, 6.07) is 19.5. The van der Waals surface area contributed by atoms with Crippen LogP contribution in [0, 0.1) is 0 Å². The minimum absolute atomic E-state index is 0. The molecule has 0 aliphatic rings. The third kappa shape index (κ3) is 5.45. The molecule has 0 bridgehead atoms. The van der Waals surface area contributed by atoms with Crippen LogP contribution in [0.1, 0.15) is 42.5 Å². The highest BCUT2D eigenvalue weighted by molar-refractivity contribution is 5.85. The maximum absolute atomic E-state index is 9.08. The Morgan fingerprint density at radius 3 is 2.05 bits per heavy atom. The minimum Gasteiger partial charge on any atom is -0.395 e. The van der Waals surface area contributed by atoms with E-state index in [1.807, 2.05) is 6.07 Å². The fraction of sp³-hybridized carbons (Fsp3) is 0.368. The lowest BCUT2D eigenvalue weighted by atomic mass is 9.95. The number of aliphatic hydroxyl groups is 1. The number of benzene rings is 2. The highest BCUT2D eigenvalue weighted by atomic mass is 35.5. The summed E-state index contributed by atoms with van der Waals surface area (Å²) in [6.45, 7) is 5.19. The van der Waals surface area contributed by atoms with Gasteiger partial charge in [0.2, 0.25) is 0 Å². The molecular weight excluding hydrogens is 294 g/mol. The molecule has 2 rings (SSSR count). The van der Waals surface area contributed by atoms with Gasteiger partial charge < -0.3 is 10.4 Å². The number of aliphatic hydroxyl groups excluding tert-OH is 1. The molecule has 0 aliphatic carbocycles. The maximum Gasteiger partial charge on any atom is 0.0556 e. The highest BCUT2D eigenvalue weighted by Gasteiger charge is 2.12. The molecule has 0 fully saturated rings. The van der Waals surface area contributed by atoms with Crippen molar-refractivity contribution in [3.63, 3.8) is 0 Å². The minimum atomic E-state index is 0. The average Bonchev–Trinajstić information content (AvgIpc) is 2.52. The number of rotatable bonds is 7. The van der Waals surface area contributed by atoms with Crippen LogP contribution >= 0.6 is 12.4 Å². The van der Waals surface area contributed by atoms with Crippen molar-refractivity contribution in [2.75, 3.05) is 13.2 Å². The van der Waals surface area contributed by atoms with Crippen molar-refractivity contribution in [3.05, 3.63) is 71.3 Å². The Morgan fingerprint density at radius 1 is 0.909 bits per heavy atom. The molecular formula is C19H26ClNO. The largest absolute Gasteiger partial charge is 0.395 e. The second-order valence-electron chi connectivity index (χ2n) is 5.74. The molecule has 0 aromatic heterocycles. The summed E-state index contributed by atoms with van der Waals surface area (Å²) < 4.78 is 0. The zero-order chi connectivity index (χ0) is 15.1. The molecule has 0 spiro atoms. The van der Waals surface area contributed by atoms with E-state index in [9.17, 15) is 0 Å². The average molecular weight is 320 g/mol. The quantitative estimate of drug-likeness (QED) is 0.805. The van der Waals surface area contributed by atoms with Crippen molar-refractivity contribution in [1.29, 1.82) is 0 Å². The van der Waals surface area contributed by atoms with Crippen LogP contribution in [0.2, 0.25) is 0 Å². The molecule has 2 N–H and O–H groups in total. The van der Waals surface area contributed by atoms with Crippen molar-refractivity contribution < 1.29 is 5.11 Å². The van der Waals surface area contributed by atoms with Gasteiger partial charge in [-0.05, 0) is 29.0 Å². The molecule has 0 saturated carbocycles. The molecule has 0 saturated heterocycles. The van der Waals surface area contributed by atoms with E-state index in [0.717, 1.165) is 6.42 Å². The van der Waals surface area contributed by atoms with Gasteiger partial charge in [-0.3, -0.25) is 0 Å². The fourth-order valence-electron chi connectivity index (χ4n) is 2.51. The van der Waals surface area contributed by atoms with Gasteiger partial charge in [-0.15, -0.1) is 12.4 Å². The molecule has 2 aromatic rings. The molecule has 2 nitrogen and oxygen atoms in total. The number of halogens is 1. The summed E-state index contributed by atoms with van der Waals surface area (Å²) in [5, 5.41) is 12.5. The van der Waals surface area contributed by atoms with Gasteiger partial charge in [0.1, 0.15) is 0 Å². The summed E-state index contributed by atoms with van der Waals surface area (Å²) in [5.41, 5.74) is 3.94. The van der Waals surface area contributed by atoms with Crippen molar-refractivity contribution in [2.45, 2.75) is 32.2 Å². The zero-order valence-corrected chi connectivity index (χ0v) is 14.1. The van der Waals surface area contributed by atoms with Gasteiger partial charge in [0.15, 0.2) is 0 Å². The Bertz CT molecular complexity index is 525. The Kier molecular flexibility index (Phi) is 8.18. The van der Waals surface area contributed by atoms with Gasteiger partial charge in [-0.2, -0.15) is 0 Å². The molecule has 0 amide bonds. The standard InChI is InChI=1S/C19H25NO.ClH/c1-15(2)17-8-10-18(11-9-17)19(20-12-13-21)14-16-6-4-3-5-7-16;/h3-11,15,19-21H,12-14H2,1-2H3;1H. The van der Waals surface area contributed by atoms with Crippen LogP contribution in [0.5, 0.6) is 0 Å². The van der Waals surface area contributed by atoms with Crippen LogP contribution in [0.3, 0.4) is 0 Å². The predicted octanol–water partition coefficient (Wildman–Crippen LogP) is 4.10. The fourth-order valence-corrected chi connectivity index (χ4v) is 2.51. The third-order valence-corrected chi connectivity index (χ3v) is 3.79. The Labute approximate surface area is 140 Å². The van der Waals surface area contributed by atoms with Crippen LogP contribution in [0.4, 0.5) is 0 Å². The highest BCUT2D eigenvalue weighted by Crippen LogP contribution is 2.21. The smallest absolute Gasteiger partial charge is 0.0556 e. The molecule has 2 aromatic carbocycles. The zero-order valence-electron chi connectivity index (χ0n) is 13.3. The predicted molar refractivity (Wildman–Crippen MR) is 95.8 cm³/mol. The van der Waals surface area contributed by atoms with E-state index in [2.05, 4.69) is 67.7 Å². The van der Waals surface area contributed by atoms with E-state index >= 15 is 0 Å². The lowest BCUT2D eigenvalue weighted by Crippen LogP contribution is -2.26. The lowest BCUT2D eigenvalue weighted by Gasteiger charge is -2.20. The van der Waals surface area contributed by atoms with E-state index in [1.165, 1.54) is 16.7 Å². The van der Waals surface area contributed by atoms with E-state index in [0.29, 0.717) is 12.5 Å². The molecule has 120 valence electrons. The Hall–Kier alpha value is -1.35. The van der Waals surface area contributed by atoms with Gasteiger partial charge in [-0.25, -0.2) is 0 Å². The summed E-state index contributed by atoms with van der Waals surface area (Å²) >= 11 is 0. The molecule has 22 heavy (non-hydrogen) atoms. The maximum atomic E-state index is 9.08. The van der Waals surface area contributed by atoms with Crippen molar-refractivity contribution in [3.8, 4) is 0 Å². The molecule has 0 radical (unpaired) electrons. The molecule has 0 aliphatic heterocycles. The lowest BCUT2D eigenvalue weighted by molar-refractivity contribution is 0.284. The van der Waals surface area contributed by atoms with Gasteiger partial charge in [0, 0.05) is 12.6 Å². The molecule has 0 heterocycles. The van der Waals surface area contributed by atoms with Crippen LogP contribution < -0.4 is 5.32 Å². The van der Waals surface area contributed by atoms with Crippen molar-refractivity contribution in [2.24, 2.45) is 0 Å². The van der Waals surface area contributed by atoms with Gasteiger partial charge in [0.05, 0.1) is 6.61 Å². The summed E-state index contributed by atoms with van der Waals surface area (Å²) in [7, 11) is 0. The first-order valence-electron chi connectivity index (χ1n) is 7.68. The molecule has 1 unspecified atom stereocenters. The second kappa shape index (κ2) is 9.62. The first-order valence-corrected chi connectivity index (χ1v) is 7.68. The number of hydrogen-bond acceptors (Lipinski definition) is 2. The van der Waals surface area contributed by atoms with Gasteiger partial charge in [0.25, 0.3) is 0 Å². The second-order valence-corrected chi connectivity index (χ2v) is 5.74. The third-order valence-electron chi connectivity index (χ3n) is 3.79. The summed E-state index contributed by atoms with van der Waals surface area (Å²) in [4.78, 5) is 0. The van der Waals surface area contributed by atoms with Crippen LogP contribution in [0.15, 0.2) is 54.6 Å². The van der Waals surface area contributed by atoms with E-state index in [1.54, 1.807) is 0 Å².